The zero-order valence-electron chi connectivity index (χ0n) is 10.9. The van der Waals surface area contributed by atoms with Gasteiger partial charge in [0.25, 0.3) is 0 Å². The maximum absolute atomic E-state index is 2.45. The normalized spacial score (nSPS) is 32.4. The Kier molecular flexibility index (Phi) is 7.13. The van der Waals surface area contributed by atoms with Crippen molar-refractivity contribution < 1.29 is 0 Å². The minimum atomic E-state index is 0.980. The monoisotopic (exact) mass is 210 g/mol. The van der Waals surface area contributed by atoms with Crippen LogP contribution in [0.2, 0.25) is 0 Å². The molecule has 2 atom stereocenters. The number of hydrogen-bond donors (Lipinski definition) is 0. The highest BCUT2D eigenvalue weighted by Gasteiger charge is 2.07. The maximum atomic E-state index is 2.45. The van der Waals surface area contributed by atoms with Crippen LogP contribution in [-0.4, -0.2) is 0 Å². The van der Waals surface area contributed by atoms with E-state index in [4.69, 9.17) is 0 Å². The lowest BCUT2D eigenvalue weighted by Gasteiger charge is -2.14. The Balaban J connectivity index is 2.22. The third-order valence-corrected chi connectivity index (χ3v) is 4.05. The molecule has 0 radical (unpaired) electrons. The molecular formula is C15H30. The van der Waals surface area contributed by atoms with Crippen molar-refractivity contribution in [3.63, 3.8) is 0 Å². The van der Waals surface area contributed by atoms with Crippen LogP contribution in [0.3, 0.4) is 0 Å². The molecule has 0 nitrogen and oxygen atoms in total. The topological polar surface area (TPSA) is 0 Å². The van der Waals surface area contributed by atoms with Gasteiger partial charge in [-0.2, -0.15) is 0 Å². The lowest BCUT2D eigenvalue weighted by molar-refractivity contribution is 0.384. The van der Waals surface area contributed by atoms with Crippen LogP contribution >= 0.6 is 0 Å². The summed E-state index contributed by atoms with van der Waals surface area (Å²) in [6, 6.07) is 0. The third-order valence-electron chi connectivity index (χ3n) is 4.05. The first-order valence-electron chi connectivity index (χ1n) is 7.29. The smallest absolute Gasteiger partial charge is 0.0443 e. The first-order valence-corrected chi connectivity index (χ1v) is 7.29. The molecule has 0 heterocycles. The highest BCUT2D eigenvalue weighted by molar-refractivity contribution is 4.61. The Bertz CT molecular complexity index is 123. The standard InChI is InChI=1S/C15H30/c1-14-10-8-6-4-3-5-7-9-11-15(2)13-12-14/h14-15H,3-13H2,1-2H3. The van der Waals surface area contributed by atoms with Crippen LogP contribution in [0, 0.1) is 11.8 Å². The molecule has 1 aliphatic carbocycles. The fourth-order valence-corrected chi connectivity index (χ4v) is 2.73. The summed E-state index contributed by atoms with van der Waals surface area (Å²) in [6.45, 7) is 4.90. The van der Waals surface area contributed by atoms with E-state index in [9.17, 15) is 0 Å². The molecule has 0 aliphatic heterocycles. The SMILES string of the molecule is CC1CCCCCCCCCC(C)CC1. The zero-order chi connectivity index (χ0) is 10.9. The second-order valence-corrected chi connectivity index (χ2v) is 5.84. The lowest BCUT2D eigenvalue weighted by atomic mass is 9.92. The van der Waals surface area contributed by atoms with Gasteiger partial charge in [-0.1, -0.05) is 84.5 Å². The summed E-state index contributed by atoms with van der Waals surface area (Å²) in [6.07, 6.45) is 16.3. The predicted molar refractivity (Wildman–Crippen MR) is 69.1 cm³/mol. The average Bonchev–Trinajstić information content (AvgIpc) is 2.24. The molecule has 0 saturated heterocycles. The van der Waals surface area contributed by atoms with E-state index in [1.807, 2.05) is 0 Å². The Labute approximate surface area is 96.8 Å². The van der Waals surface area contributed by atoms with E-state index in [1.165, 1.54) is 70.6 Å². The molecule has 0 aromatic carbocycles. The van der Waals surface area contributed by atoms with Gasteiger partial charge in [-0.25, -0.2) is 0 Å². The van der Waals surface area contributed by atoms with E-state index in [0.29, 0.717) is 0 Å². The van der Waals surface area contributed by atoms with Gasteiger partial charge in [0.1, 0.15) is 0 Å². The van der Waals surface area contributed by atoms with Crippen molar-refractivity contribution >= 4 is 0 Å². The van der Waals surface area contributed by atoms with E-state index in [1.54, 1.807) is 0 Å². The van der Waals surface area contributed by atoms with Crippen molar-refractivity contribution in [3.05, 3.63) is 0 Å². The van der Waals surface area contributed by atoms with Crippen molar-refractivity contribution in [3.8, 4) is 0 Å². The van der Waals surface area contributed by atoms with Gasteiger partial charge >= 0.3 is 0 Å². The molecule has 15 heavy (non-hydrogen) atoms. The summed E-state index contributed by atoms with van der Waals surface area (Å²) in [4.78, 5) is 0. The second-order valence-electron chi connectivity index (χ2n) is 5.84. The van der Waals surface area contributed by atoms with Crippen LogP contribution in [0.15, 0.2) is 0 Å². The fourth-order valence-electron chi connectivity index (χ4n) is 2.73. The lowest BCUT2D eigenvalue weighted by Crippen LogP contribution is -2.00. The molecule has 2 unspecified atom stereocenters. The first-order chi connectivity index (χ1) is 7.29. The highest BCUT2D eigenvalue weighted by Crippen LogP contribution is 2.23. The van der Waals surface area contributed by atoms with Gasteiger partial charge in [-0.05, 0) is 11.8 Å². The van der Waals surface area contributed by atoms with Crippen molar-refractivity contribution in [2.75, 3.05) is 0 Å². The van der Waals surface area contributed by atoms with E-state index in [0.717, 1.165) is 11.8 Å². The molecule has 0 aromatic heterocycles. The maximum Gasteiger partial charge on any atom is -0.0443 e. The molecule has 0 N–H and O–H groups in total. The number of rotatable bonds is 0. The minimum absolute atomic E-state index is 0.980. The van der Waals surface area contributed by atoms with Crippen LogP contribution in [0.5, 0.6) is 0 Å². The van der Waals surface area contributed by atoms with Crippen LogP contribution in [0.25, 0.3) is 0 Å². The summed E-state index contributed by atoms with van der Waals surface area (Å²) in [5, 5.41) is 0. The van der Waals surface area contributed by atoms with E-state index in [-0.39, 0.29) is 0 Å². The molecule has 90 valence electrons. The van der Waals surface area contributed by atoms with Gasteiger partial charge < -0.3 is 0 Å². The predicted octanol–water partition coefficient (Wildman–Crippen LogP) is 5.56. The van der Waals surface area contributed by atoms with E-state index < -0.39 is 0 Å². The minimum Gasteiger partial charge on any atom is -0.0625 e. The van der Waals surface area contributed by atoms with Crippen molar-refractivity contribution in [2.45, 2.75) is 84.5 Å². The molecule has 0 spiro atoms. The van der Waals surface area contributed by atoms with E-state index >= 15 is 0 Å². The summed E-state index contributed by atoms with van der Waals surface area (Å²) >= 11 is 0. The first kappa shape index (κ1) is 13.1. The van der Waals surface area contributed by atoms with Gasteiger partial charge in [0.2, 0.25) is 0 Å². The summed E-state index contributed by atoms with van der Waals surface area (Å²) in [5.74, 6) is 1.96. The molecule has 0 aromatic rings. The molecule has 1 rings (SSSR count). The molecule has 0 heteroatoms. The molecule has 0 amide bonds. The Morgan fingerprint density at radius 3 is 1.20 bits per heavy atom. The molecule has 1 fully saturated rings. The second kappa shape index (κ2) is 8.19. The fraction of sp³-hybridized carbons (Fsp3) is 1.00. The molecule has 0 bridgehead atoms. The van der Waals surface area contributed by atoms with Crippen LogP contribution in [0.1, 0.15) is 84.5 Å². The Morgan fingerprint density at radius 2 is 0.800 bits per heavy atom. The van der Waals surface area contributed by atoms with Crippen molar-refractivity contribution in [1.29, 1.82) is 0 Å². The average molecular weight is 210 g/mol. The van der Waals surface area contributed by atoms with Crippen LogP contribution in [0.4, 0.5) is 0 Å². The Morgan fingerprint density at radius 1 is 0.467 bits per heavy atom. The van der Waals surface area contributed by atoms with Gasteiger partial charge in [-0.15, -0.1) is 0 Å². The van der Waals surface area contributed by atoms with Crippen molar-refractivity contribution in [2.24, 2.45) is 11.8 Å². The quantitative estimate of drug-likeness (QED) is 0.491. The summed E-state index contributed by atoms with van der Waals surface area (Å²) in [7, 11) is 0. The van der Waals surface area contributed by atoms with Crippen molar-refractivity contribution in [1.82, 2.24) is 0 Å². The van der Waals surface area contributed by atoms with E-state index in [2.05, 4.69) is 13.8 Å². The third kappa shape index (κ3) is 6.98. The summed E-state index contributed by atoms with van der Waals surface area (Å²) in [5.41, 5.74) is 0. The van der Waals surface area contributed by atoms with Crippen LogP contribution < -0.4 is 0 Å². The van der Waals surface area contributed by atoms with Gasteiger partial charge in [0.05, 0.1) is 0 Å². The molecular weight excluding hydrogens is 180 g/mol. The van der Waals surface area contributed by atoms with Crippen LogP contribution in [-0.2, 0) is 0 Å². The summed E-state index contributed by atoms with van der Waals surface area (Å²) < 4.78 is 0. The molecule has 1 saturated carbocycles. The number of hydrogen-bond acceptors (Lipinski definition) is 0. The highest BCUT2D eigenvalue weighted by atomic mass is 14.1. The Hall–Kier alpha value is 0. The van der Waals surface area contributed by atoms with Gasteiger partial charge in [-0.3, -0.25) is 0 Å². The van der Waals surface area contributed by atoms with Gasteiger partial charge in [0.15, 0.2) is 0 Å². The molecule has 1 aliphatic rings. The largest absolute Gasteiger partial charge is 0.0625 e. The zero-order valence-corrected chi connectivity index (χ0v) is 10.9. The van der Waals surface area contributed by atoms with Gasteiger partial charge in [0, 0.05) is 0 Å².